The molecule has 20 heavy (non-hydrogen) atoms. The van der Waals surface area contributed by atoms with E-state index in [4.69, 9.17) is 5.11 Å². The summed E-state index contributed by atoms with van der Waals surface area (Å²) in [4.78, 5) is 0. The number of aliphatic hydroxyl groups is 1. The summed E-state index contributed by atoms with van der Waals surface area (Å²) in [5.74, 6) is 0.678. The molecule has 0 bridgehead atoms. The van der Waals surface area contributed by atoms with Crippen molar-refractivity contribution in [1.29, 1.82) is 0 Å². The summed E-state index contributed by atoms with van der Waals surface area (Å²) in [5.41, 5.74) is 3.53. The Morgan fingerprint density at radius 1 is 1.00 bits per heavy atom. The van der Waals surface area contributed by atoms with E-state index < -0.39 is 0 Å². The van der Waals surface area contributed by atoms with E-state index in [0.29, 0.717) is 12.0 Å². The third-order valence-corrected chi connectivity index (χ3v) is 4.52. The van der Waals surface area contributed by atoms with Crippen LogP contribution in [0.15, 0.2) is 53.0 Å². The summed E-state index contributed by atoms with van der Waals surface area (Å²) in [5, 5.41) is 12.6. The summed E-state index contributed by atoms with van der Waals surface area (Å²) in [6.07, 6.45) is 2.37. The first-order valence-corrected chi connectivity index (χ1v) is 7.75. The highest BCUT2D eigenvalue weighted by Gasteiger charge is 2.29. The van der Waals surface area contributed by atoms with E-state index in [-0.39, 0.29) is 6.61 Å². The van der Waals surface area contributed by atoms with Crippen LogP contribution in [0.2, 0.25) is 0 Å². The van der Waals surface area contributed by atoms with Gasteiger partial charge >= 0.3 is 0 Å². The molecule has 0 aliphatic heterocycles. The van der Waals surface area contributed by atoms with Crippen molar-refractivity contribution in [3.05, 3.63) is 64.1 Å². The Morgan fingerprint density at radius 2 is 1.65 bits per heavy atom. The second-order valence-corrected chi connectivity index (χ2v) is 6.33. The van der Waals surface area contributed by atoms with Crippen molar-refractivity contribution in [2.45, 2.75) is 31.4 Å². The van der Waals surface area contributed by atoms with Crippen LogP contribution in [-0.2, 0) is 6.61 Å². The van der Waals surface area contributed by atoms with Crippen LogP contribution in [0.1, 0.15) is 29.9 Å². The van der Waals surface area contributed by atoms with Gasteiger partial charge in [0.25, 0.3) is 0 Å². The van der Waals surface area contributed by atoms with Crippen molar-refractivity contribution in [2.75, 3.05) is 5.32 Å². The first-order valence-electron chi connectivity index (χ1n) is 6.96. The first kappa shape index (κ1) is 13.7. The Balaban J connectivity index is 1.53. The maximum absolute atomic E-state index is 9.02. The molecule has 2 aromatic carbocycles. The van der Waals surface area contributed by atoms with E-state index in [1.807, 2.05) is 24.3 Å². The number of hydrogen-bond acceptors (Lipinski definition) is 2. The van der Waals surface area contributed by atoms with Crippen LogP contribution in [-0.4, -0.2) is 11.1 Å². The molecular formula is C17H18BrNO. The van der Waals surface area contributed by atoms with E-state index >= 15 is 0 Å². The van der Waals surface area contributed by atoms with Gasteiger partial charge in [0.05, 0.1) is 6.61 Å². The van der Waals surface area contributed by atoms with E-state index in [0.717, 1.165) is 15.7 Å². The van der Waals surface area contributed by atoms with Gasteiger partial charge in [0.15, 0.2) is 0 Å². The lowest BCUT2D eigenvalue weighted by molar-refractivity contribution is 0.282. The summed E-state index contributed by atoms with van der Waals surface area (Å²) in [6, 6.07) is 17.2. The van der Waals surface area contributed by atoms with Crippen LogP contribution in [0.5, 0.6) is 0 Å². The molecule has 2 nitrogen and oxygen atoms in total. The minimum atomic E-state index is 0.106. The van der Waals surface area contributed by atoms with Gasteiger partial charge in [0, 0.05) is 16.2 Å². The fourth-order valence-corrected chi connectivity index (χ4v) is 2.95. The Kier molecular flexibility index (Phi) is 4.08. The average molecular weight is 332 g/mol. The summed E-state index contributed by atoms with van der Waals surface area (Å²) in [6.45, 7) is 0.106. The van der Waals surface area contributed by atoms with Crippen molar-refractivity contribution in [3.63, 3.8) is 0 Å². The molecule has 1 saturated carbocycles. The van der Waals surface area contributed by atoms with Gasteiger partial charge in [-0.25, -0.2) is 0 Å². The zero-order valence-corrected chi connectivity index (χ0v) is 12.8. The molecule has 0 aromatic heterocycles. The molecule has 0 radical (unpaired) electrons. The van der Waals surface area contributed by atoms with Crippen LogP contribution < -0.4 is 5.32 Å². The lowest BCUT2D eigenvalue weighted by Crippen LogP contribution is -2.33. The molecule has 104 valence electrons. The predicted octanol–water partition coefficient (Wildman–Crippen LogP) is 4.30. The summed E-state index contributed by atoms with van der Waals surface area (Å²) in [7, 11) is 0. The number of halogens is 1. The fraction of sp³-hybridized carbons (Fsp3) is 0.294. The van der Waals surface area contributed by atoms with Crippen molar-refractivity contribution in [1.82, 2.24) is 0 Å². The summed E-state index contributed by atoms with van der Waals surface area (Å²) >= 11 is 3.47. The normalized spacial score (nSPS) is 21.3. The van der Waals surface area contributed by atoms with Gasteiger partial charge in [-0.15, -0.1) is 0 Å². The van der Waals surface area contributed by atoms with E-state index in [2.05, 4.69) is 45.5 Å². The highest BCUT2D eigenvalue weighted by atomic mass is 79.9. The maximum Gasteiger partial charge on any atom is 0.0681 e. The van der Waals surface area contributed by atoms with E-state index in [1.54, 1.807) is 0 Å². The van der Waals surface area contributed by atoms with Gasteiger partial charge in [0.1, 0.15) is 0 Å². The molecule has 0 saturated heterocycles. The van der Waals surface area contributed by atoms with Gasteiger partial charge in [-0.05, 0) is 54.2 Å². The number of hydrogen-bond donors (Lipinski definition) is 2. The van der Waals surface area contributed by atoms with Crippen molar-refractivity contribution < 1.29 is 5.11 Å². The lowest BCUT2D eigenvalue weighted by atomic mass is 9.76. The van der Waals surface area contributed by atoms with Gasteiger partial charge in [-0.2, -0.15) is 0 Å². The Labute approximate surface area is 128 Å². The monoisotopic (exact) mass is 331 g/mol. The number of aliphatic hydroxyl groups excluding tert-OH is 1. The van der Waals surface area contributed by atoms with E-state index in [1.165, 1.54) is 18.4 Å². The predicted molar refractivity (Wildman–Crippen MR) is 85.9 cm³/mol. The third-order valence-electron chi connectivity index (χ3n) is 3.99. The van der Waals surface area contributed by atoms with Crippen LogP contribution in [0, 0.1) is 0 Å². The zero-order chi connectivity index (χ0) is 13.9. The second-order valence-electron chi connectivity index (χ2n) is 5.42. The standard InChI is InChI=1S/C17H18BrNO/c18-15-5-3-13(4-6-15)14-9-17(10-14)19-16-7-1-12(11-20)2-8-16/h1-8,14,17,19-20H,9-11H2. The number of benzene rings is 2. The third kappa shape index (κ3) is 3.05. The fourth-order valence-electron chi connectivity index (χ4n) is 2.68. The maximum atomic E-state index is 9.02. The molecule has 3 heteroatoms. The molecule has 1 aliphatic carbocycles. The number of anilines is 1. The molecule has 0 amide bonds. The van der Waals surface area contributed by atoms with Gasteiger partial charge in [-0.3, -0.25) is 0 Å². The lowest BCUT2D eigenvalue weighted by Gasteiger charge is -2.37. The number of nitrogens with one attached hydrogen (secondary N) is 1. The molecule has 0 spiro atoms. The largest absolute Gasteiger partial charge is 0.392 e. The van der Waals surface area contributed by atoms with Crippen LogP contribution >= 0.6 is 15.9 Å². The molecule has 1 aliphatic rings. The molecule has 1 fully saturated rings. The summed E-state index contributed by atoms with van der Waals surface area (Å²) < 4.78 is 1.14. The van der Waals surface area contributed by atoms with Crippen molar-refractivity contribution in [3.8, 4) is 0 Å². The van der Waals surface area contributed by atoms with Gasteiger partial charge in [0.2, 0.25) is 0 Å². The quantitative estimate of drug-likeness (QED) is 0.875. The minimum absolute atomic E-state index is 0.106. The van der Waals surface area contributed by atoms with Crippen LogP contribution in [0.25, 0.3) is 0 Å². The SMILES string of the molecule is OCc1ccc(NC2CC(c3ccc(Br)cc3)C2)cc1. The smallest absolute Gasteiger partial charge is 0.0681 e. The Bertz CT molecular complexity index is 559. The van der Waals surface area contributed by atoms with E-state index in [9.17, 15) is 0 Å². The Hall–Kier alpha value is -1.32. The molecular weight excluding hydrogens is 314 g/mol. The topological polar surface area (TPSA) is 32.3 Å². The van der Waals surface area contributed by atoms with Gasteiger partial charge < -0.3 is 10.4 Å². The van der Waals surface area contributed by atoms with Crippen molar-refractivity contribution in [2.24, 2.45) is 0 Å². The average Bonchev–Trinajstić information content (AvgIpc) is 2.44. The highest BCUT2D eigenvalue weighted by molar-refractivity contribution is 9.10. The second kappa shape index (κ2) is 5.98. The van der Waals surface area contributed by atoms with Gasteiger partial charge in [-0.1, -0.05) is 40.2 Å². The molecule has 2 N–H and O–H groups in total. The minimum Gasteiger partial charge on any atom is -0.392 e. The highest BCUT2D eigenvalue weighted by Crippen LogP contribution is 2.38. The molecule has 0 heterocycles. The first-order chi connectivity index (χ1) is 9.74. The number of rotatable bonds is 4. The molecule has 3 rings (SSSR count). The van der Waals surface area contributed by atoms with Crippen LogP contribution in [0.4, 0.5) is 5.69 Å². The zero-order valence-electron chi connectivity index (χ0n) is 11.2. The Morgan fingerprint density at radius 3 is 2.25 bits per heavy atom. The molecule has 0 unspecified atom stereocenters. The molecule has 2 aromatic rings. The van der Waals surface area contributed by atoms with Crippen LogP contribution in [0.3, 0.4) is 0 Å². The molecule has 0 atom stereocenters. The van der Waals surface area contributed by atoms with Crippen molar-refractivity contribution >= 4 is 21.6 Å².